The van der Waals surface area contributed by atoms with Crippen molar-refractivity contribution in [3.8, 4) is 28.0 Å². The van der Waals surface area contributed by atoms with Crippen LogP contribution in [0.25, 0.3) is 22.3 Å². The van der Waals surface area contributed by atoms with Crippen LogP contribution in [0.5, 0.6) is 5.75 Å². The molecule has 8 rings (SSSR count). The summed E-state index contributed by atoms with van der Waals surface area (Å²) >= 11 is 0. The maximum Gasteiger partial charge on any atom is 0.338 e. The monoisotopic (exact) mass is 700 g/mol. The maximum atomic E-state index is 13.1. The summed E-state index contributed by atoms with van der Waals surface area (Å²) in [6, 6.07) is 33.8. The molecule has 0 radical (unpaired) electrons. The molecule has 2 aliphatic carbocycles. The molecule has 0 unspecified atom stereocenters. The first-order chi connectivity index (χ1) is 25.5. The number of carbonyl (C=O) groups is 1. The predicted octanol–water partition coefficient (Wildman–Crippen LogP) is 10.4. The van der Waals surface area contributed by atoms with Gasteiger partial charge in [0.1, 0.15) is 24.1 Å². The zero-order valence-electron chi connectivity index (χ0n) is 30.6. The van der Waals surface area contributed by atoms with E-state index in [1.54, 1.807) is 0 Å². The van der Waals surface area contributed by atoms with E-state index in [4.69, 9.17) is 23.7 Å². The smallest absolute Gasteiger partial charge is 0.338 e. The highest BCUT2D eigenvalue weighted by Crippen LogP contribution is 2.38. The van der Waals surface area contributed by atoms with Crippen LogP contribution in [0.1, 0.15) is 98.5 Å². The van der Waals surface area contributed by atoms with Gasteiger partial charge in [-0.05, 0) is 107 Å². The normalized spacial score (nSPS) is 28.7. The summed E-state index contributed by atoms with van der Waals surface area (Å²) in [4.78, 5) is 13.1. The fourth-order valence-electron chi connectivity index (χ4n) is 8.69. The Morgan fingerprint density at radius 3 is 1.48 bits per heavy atom. The van der Waals surface area contributed by atoms with Crippen molar-refractivity contribution in [3.05, 3.63) is 114 Å². The lowest BCUT2D eigenvalue weighted by atomic mass is 9.79. The highest BCUT2D eigenvalue weighted by Gasteiger charge is 2.50. The molecule has 0 spiro atoms. The van der Waals surface area contributed by atoms with Crippen LogP contribution in [0.3, 0.4) is 0 Å². The first kappa shape index (κ1) is 35.1. The molecule has 0 aromatic heterocycles. The van der Waals surface area contributed by atoms with Gasteiger partial charge in [0, 0.05) is 0 Å². The molecule has 0 amide bonds. The zero-order chi connectivity index (χ0) is 35.4. The molecule has 2 aliphatic heterocycles. The highest BCUT2D eigenvalue weighted by atomic mass is 16.7. The molecule has 4 aromatic carbocycles. The molecule has 2 heterocycles. The number of hydrogen-bond acceptors (Lipinski definition) is 6. The van der Waals surface area contributed by atoms with Crippen molar-refractivity contribution in [2.45, 2.75) is 101 Å². The number of rotatable bonds is 10. The van der Waals surface area contributed by atoms with Gasteiger partial charge >= 0.3 is 5.97 Å². The third kappa shape index (κ3) is 8.00. The molecule has 2 saturated carbocycles. The molecule has 4 atom stereocenters. The molecule has 4 fully saturated rings. The first-order valence-corrected chi connectivity index (χ1v) is 19.6. The summed E-state index contributed by atoms with van der Waals surface area (Å²) in [5, 5.41) is 0. The molecule has 0 N–H and O–H groups in total. The summed E-state index contributed by atoms with van der Waals surface area (Å²) in [6.07, 6.45) is 9.00. The molecular formula is C46H52O6. The number of fused-ring (bicyclic) bond motifs is 1. The Balaban J connectivity index is 0.781. The number of carbonyl (C=O) groups excluding carboxylic acids is 1. The van der Waals surface area contributed by atoms with Crippen LogP contribution >= 0.6 is 0 Å². The Hall–Kier alpha value is -3.97. The lowest BCUT2D eigenvalue weighted by molar-refractivity contribution is -0.0839. The second-order valence-electron chi connectivity index (χ2n) is 15.8. The van der Waals surface area contributed by atoms with Crippen LogP contribution in [-0.2, 0) is 18.9 Å². The van der Waals surface area contributed by atoms with Crippen molar-refractivity contribution in [2.24, 2.45) is 11.8 Å². The Labute approximate surface area is 308 Å². The van der Waals surface area contributed by atoms with Gasteiger partial charge in [0.25, 0.3) is 0 Å². The van der Waals surface area contributed by atoms with Crippen molar-refractivity contribution in [3.63, 3.8) is 0 Å². The fraction of sp³-hybridized carbons (Fsp3) is 0.457. The molecule has 2 saturated heterocycles. The number of benzene rings is 4. The van der Waals surface area contributed by atoms with E-state index in [0.29, 0.717) is 24.0 Å². The van der Waals surface area contributed by atoms with Gasteiger partial charge in [0.15, 0.2) is 12.9 Å². The van der Waals surface area contributed by atoms with Gasteiger partial charge in [-0.1, -0.05) is 112 Å². The van der Waals surface area contributed by atoms with Crippen LogP contribution in [0.4, 0.5) is 0 Å². The van der Waals surface area contributed by atoms with E-state index in [1.165, 1.54) is 68.1 Å². The average Bonchev–Trinajstić information content (AvgIpc) is 3.79. The third-order valence-corrected chi connectivity index (χ3v) is 12.2. The summed E-state index contributed by atoms with van der Waals surface area (Å²) in [5.41, 5.74) is 8.01. The molecule has 52 heavy (non-hydrogen) atoms. The van der Waals surface area contributed by atoms with E-state index in [-0.39, 0.29) is 37.7 Å². The summed E-state index contributed by atoms with van der Waals surface area (Å²) in [7, 11) is 0. The third-order valence-electron chi connectivity index (χ3n) is 12.2. The van der Waals surface area contributed by atoms with Crippen LogP contribution in [0.2, 0.25) is 0 Å². The van der Waals surface area contributed by atoms with E-state index in [2.05, 4.69) is 74.5 Å². The molecule has 4 aliphatic rings. The van der Waals surface area contributed by atoms with Gasteiger partial charge in [-0.15, -0.1) is 0 Å². The van der Waals surface area contributed by atoms with Crippen LogP contribution < -0.4 is 4.74 Å². The number of ether oxygens (including phenoxy) is 5. The van der Waals surface area contributed by atoms with Crippen molar-refractivity contribution in [1.29, 1.82) is 0 Å². The van der Waals surface area contributed by atoms with Crippen molar-refractivity contribution >= 4 is 5.97 Å². The zero-order valence-corrected chi connectivity index (χ0v) is 30.6. The van der Waals surface area contributed by atoms with Crippen LogP contribution in [0.15, 0.2) is 97.1 Å². The van der Waals surface area contributed by atoms with E-state index in [0.717, 1.165) is 34.3 Å². The Bertz CT molecular complexity index is 1750. The van der Waals surface area contributed by atoms with Gasteiger partial charge in [0.2, 0.25) is 0 Å². The van der Waals surface area contributed by atoms with Gasteiger partial charge < -0.3 is 23.7 Å². The van der Waals surface area contributed by atoms with E-state index in [9.17, 15) is 4.79 Å². The fourth-order valence-corrected chi connectivity index (χ4v) is 8.69. The molecule has 6 nitrogen and oxygen atoms in total. The van der Waals surface area contributed by atoms with Crippen LogP contribution in [-0.4, -0.2) is 50.4 Å². The Morgan fingerprint density at radius 1 is 0.558 bits per heavy atom. The van der Waals surface area contributed by atoms with Crippen molar-refractivity contribution in [1.82, 2.24) is 0 Å². The maximum absolute atomic E-state index is 13.1. The topological polar surface area (TPSA) is 63.2 Å². The number of esters is 1. The summed E-state index contributed by atoms with van der Waals surface area (Å²) in [6.45, 7) is 5.44. The largest absolute Gasteiger partial charge is 0.468 e. The van der Waals surface area contributed by atoms with Gasteiger partial charge in [-0.2, -0.15) is 0 Å². The summed E-state index contributed by atoms with van der Waals surface area (Å²) in [5.74, 6) is 3.45. The lowest BCUT2D eigenvalue weighted by Gasteiger charge is -2.26. The molecule has 6 heteroatoms. The van der Waals surface area contributed by atoms with Crippen molar-refractivity contribution in [2.75, 3.05) is 20.0 Å². The minimum atomic E-state index is -0.491. The lowest BCUT2D eigenvalue weighted by Crippen LogP contribution is -2.35. The van der Waals surface area contributed by atoms with Gasteiger partial charge in [-0.3, -0.25) is 0 Å². The summed E-state index contributed by atoms with van der Waals surface area (Å²) < 4.78 is 29.9. The molecule has 4 aromatic rings. The van der Waals surface area contributed by atoms with E-state index >= 15 is 0 Å². The van der Waals surface area contributed by atoms with E-state index in [1.807, 2.05) is 36.4 Å². The molecule has 0 bridgehead atoms. The standard InChI is InChI=1S/C46H52O6/c1-30-3-7-32(8-4-30)34-11-15-36(16-12-34)38-19-21-40(22-20-38)46(47)52-43-28-49-44-42(27-48-45(43)44)51-29-50-41-25-23-39(24-26-41)37-17-13-35(14-18-37)33-9-5-31(2)6-10-33/h11-26,30-33,42-45H,3-10,27-29H2,1-2H3/t30?,31?,32?,33?,42-,43+,44+,45+/m0/s1. The second-order valence-corrected chi connectivity index (χ2v) is 15.8. The van der Waals surface area contributed by atoms with E-state index < -0.39 is 6.10 Å². The van der Waals surface area contributed by atoms with Gasteiger partial charge in [0.05, 0.1) is 18.8 Å². The first-order valence-electron chi connectivity index (χ1n) is 19.6. The molecule has 272 valence electrons. The van der Waals surface area contributed by atoms with Crippen molar-refractivity contribution < 1.29 is 28.5 Å². The SMILES string of the molecule is CC1CCC(c2ccc(-c3ccc(OCO[C@H]4CO[C@H]5[C@@H]4OC[C@H]5OC(=O)c4ccc(-c5ccc(C6CCC(C)CC6)cc5)cc4)cc3)cc2)CC1. The predicted molar refractivity (Wildman–Crippen MR) is 204 cm³/mol. The second kappa shape index (κ2) is 16.0. The highest BCUT2D eigenvalue weighted by molar-refractivity contribution is 5.90. The minimum absolute atomic E-state index is 0.0774. The average molecular weight is 701 g/mol. The van der Waals surface area contributed by atoms with Crippen LogP contribution in [0, 0.1) is 11.8 Å². The Morgan fingerprint density at radius 2 is 0.981 bits per heavy atom. The molecular weight excluding hydrogens is 648 g/mol. The quantitative estimate of drug-likeness (QED) is 0.121. The van der Waals surface area contributed by atoms with Gasteiger partial charge in [-0.25, -0.2) is 4.79 Å². The Kier molecular flexibility index (Phi) is 10.8. The minimum Gasteiger partial charge on any atom is -0.468 e. The number of hydrogen-bond donors (Lipinski definition) is 0.